The van der Waals surface area contributed by atoms with Crippen LogP contribution in [0.25, 0.3) is 11.5 Å². The molecule has 0 aliphatic rings. The fraction of sp³-hybridized carbons (Fsp3) is 0.125. The molecule has 0 aliphatic heterocycles. The predicted molar refractivity (Wildman–Crippen MR) is 54.8 cm³/mol. The van der Waals surface area contributed by atoms with Gasteiger partial charge in [0.05, 0.1) is 0 Å². The molecule has 0 atom stereocenters. The minimum atomic E-state index is -0.198. The fourth-order valence-corrected chi connectivity index (χ4v) is 1.32. The molecular formula is C8H7BrN4O. The predicted octanol–water partition coefficient (Wildman–Crippen LogP) is 0.933. The van der Waals surface area contributed by atoms with E-state index in [1.807, 2.05) is 0 Å². The highest BCUT2D eigenvalue weighted by molar-refractivity contribution is 9.10. The van der Waals surface area contributed by atoms with E-state index in [0.717, 1.165) is 5.69 Å². The smallest absolute Gasteiger partial charge is 0.265 e. The van der Waals surface area contributed by atoms with Crippen LogP contribution in [0, 0.1) is 0 Å². The summed E-state index contributed by atoms with van der Waals surface area (Å²) < 4.78 is 2.06. The Morgan fingerprint density at radius 2 is 2.36 bits per heavy atom. The maximum atomic E-state index is 11.3. The van der Waals surface area contributed by atoms with Gasteiger partial charge in [0.15, 0.2) is 5.82 Å². The molecule has 1 N–H and O–H groups in total. The van der Waals surface area contributed by atoms with Gasteiger partial charge in [0.1, 0.15) is 10.2 Å². The Kier molecular flexibility index (Phi) is 2.20. The number of H-pyrrole nitrogens is 1. The third-order valence-corrected chi connectivity index (χ3v) is 2.38. The Bertz CT molecular complexity index is 516. The van der Waals surface area contributed by atoms with Crippen molar-refractivity contribution in [3.63, 3.8) is 0 Å². The van der Waals surface area contributed by atoms with Crippen molar-refractivity contribution in [2.24, 2.45) is 7.05 Å². The average Bonchev–Trinajstić information content (AvgIpc) is 2.57. The first-order valence-electron chi connectivity index (χ1n) is 3.91. The first-order chi connectivity index (χ1) is 6.68. The van der Waals surface area contributed by atoms with Crippen LogP contribution in [-0.4, -0.2) is 19.7 Å². The first-order valence-corrected chi connectivity index (χ1v) is 4.71. The van der Waals surface area contributed by atoms with E-state index in [1.165, 1.54) is 6.20 Å². The highest BCUT2D eigenvalue weighted by Gasteiger charge is 2.05. The van der Waals surface area contributed by atoms with Crippen LogP contribution in [0.1, 0.15) is 0 Å². The van der Waals surface area contributed by atoms with Gasteiger partial charge in [-0.05, 0) is 22.0 Å². The molecule has 14 heavy (non-hydrogen) atoms. The highest BCUT2D eigenvalue weighted by Crippen LogP contribution is 2.11. The molecular weight excluding hydrogens is 248 g/mol. The minimum absolute atomic E-state index is 0.198. The molecule has 6 heteroatoms. The monoisotopic (exact) mass is 254 g/mol. The lowest BCUT2D eigenvalue weighted by Gasteiger charge is -2.00. The second kappa shape index (κ2) is 3.38. The molecule has 5 nitrogen and oxygen atoms in total. The van der Waals surface area contributed by atoms with Crippen LogP contribution >= 0.6 is 15.9 Å². The maximum Gasteiger partial charge on any atom is 0.265 e. The average molecular weight is 255 g/mol. The van der Waals surface area contributed by atoms with E-state index in [4.69, 9.17) is 0 Å². The lowest BCUT2D eigenvalue weighted by molar-refractivity contribution is 0.769. The molecule has 0 saturated carbocycles. The SMILES string of the molecule is Cn1nccc1-c1ncc(Br)c(=O)[nH]1. The van der Waals surface area contributed by atoms with Crippen molar-refractivity contribution >= 4 is 15.9 Å². The van der Waals surface area contributed by atoms with Gasteiger partial charge in [-0.25, -0.2) is 4.98 Å². The van der Waals surface area contributed by atoms with Gasteiger partial charge in [0, 0.05) is 19.4 Å². The summed E-state index contributed by atoms with van der Waals surface area (Å²) in [6.45, 7) is 0. The van der Waals surface area contributed by atoms with Crippen molar-refractivity contribution in [2.45, 2.75) is 0 Å². The summed E-state index contributed by atoms with van der Waals surface area (Å²) in [5, 5.41) is 3.99. The number of aryl methyl sites for hydroxylation is 1. The van der Waals surface area contributed by atoms with Gasteiger partial charge in [0.2, 0.25) is 0 Å². The molecule has 0 aromatic carbocycles. The van der Waals surface area contributed by atoms with Crippen LogP contribution in [0.3, 0.4) is 0 Å². The lowest BCUT2D eigenvalue weighted by atomic mass is 10.4. The quantitative estimate of drug-likeness (QED) is 0.824. The van der Waals surface area contributed by atoms with Crippen LogP contribution in [0.4, 0.5) is 0 Å². The number of nitrogens with one attached hydrogen (secondary N) is 1. The Morgan fingerprint density at radius 3 is 2.93 bits per heavy atom. The molecule has 0 spiro atoms. The molecule has 0 amide bonds. The summed E-state index contributed by atoms with van der Waals surface area (Å²) in [7, 11) is 1.79. The van der Waals surface area contributed by atoms with Crippen LogP contribution in [0.5, 0.6) is 0 Å². The summed E-state index contributed by atoms with van der Waals surface area (Å²) in [6, 6.07) is 1.78. The molecule has 0 radical (unpaired) electrons. The zero-order chi connectivity index (χ0) is 10.1. The molecule has 0 bridgehead atoms. The molecule has 0 saturated heterocycles. The van der Waals surface area contributed by atoms with Crippen molar-refractivity contribution in [3.05, 3.63) is 33.3 Å². The normalized spacial score (nSPS) is 10.4. The van der Waals surface area contributed by atoms with Crippen molar-refractivity contribution in [2.75, 3.05) is 0 Å². The number of nitrogens with zero attached hydrogens (tertiary/aromatic N) is 3. The Morgan fingerprint density at radius 1 is 1.57 bits per heavy atom. The van der Waals surface area contributed by atoms with Gasteiger partial charge in [-0.15, -0.1) is 0 Å². The highest BCUT2D eigenvalue weighted by atomic mass is 79.9. The van der Waals surface area contributed by atoms with Gasteiger partial charge in [-0.3, -0.25) is 9.48 Å². The summed E-state index contributed by atoms with van der Waals surface area (Å²) >= 11 is 3.08. The number of hydrogen-bond donors (Lipinski definition) is 1. The summed E-state index contributed by atoms with van der Waals surface area (Å²) in [4.78, 5) is 18.0. The zero-order valence-corrected chi connectivity index (χ0v) is 8.95. The van der Waals surface area contributed by atoms with E-state index >= 15 is 0 Å². The van der Waals surface area contributed by atoms with E-state index in [1.54, 1.807) is 24.0 Å². The molecule has 2 rings (SSSR count). The molecule has 2 heterocycles. The summed E-state index contributed by atoms with van der Waals surface area (Å²) in [5.41, 5.74) is 0.575. The number of aromatic nitrogens is 4. The molecule has 2 aromatic heterocycles. The maximum absolute atomic E-state index is 11.3. The molecule has 72 valence electrons. The zero-order valence-electron chi connectivity index (χ0n) is 7.36. The Labute approximate surface area is 87.9 Å². The summed E-state index contributed by atoms with van der Waals surface area (Å²) in [5.74, 6) is 0.512. The van der Waals surface area contributed by atoms with E-state index < -0.39 is 0 Å². The lowest BCUT2D eigenvalue weighted by Crippen LogP contribution is -2.10. The van der Waals surface area contributed by atoms with Gasteiger partial charge in [-0.1, -0.05) is 0 Å². The van der Waals surface area contributed by atoms with E-state index in [0.29, 0.717) is 10.3 Å². The molecule has 0 fully saturated rings. The van der Waals surface area contributed by atoms with Crippen molar-refractivity contribution in [1.29, 1.82) is 0 Å². The van der Waals surface area contributed by atoms with E-state index in [2.05, 4.69) is 31.0 Å². The van der Waals surface area contributed by atoms with Crippen molar-refractivity contribution < 1.29 is 0 Å². The largest absolute Gasteiger partial charge is 0.304 e. The number of rotatable bonds is 1. The van der Waals surface area contributed by atoms with Gasteiger partial charge >= 0.3 is 0 Å². The standard InChI is InChI=1S/C8H7BrN4O/c1-13-6(2-3-11-13)7-10-4-5(9)8(14)12-7/h2-4H,1H3,(H,10,12,14). The first kappa shape index (κ1) is 9.14. The van der Waals surface area contributed by atoms with E-state index in [9.17, 15) is 4.79 Å². The van der Waals surface area contributed by atoms with Gasteiger partial charge < -0.3 is 4.98 Å². The van der Waals surface area contributed by atoms with Gasteiger partial charge in [-0.2, -0.15) is 5.10 Å². The molecule has 2 aromatic rings. The van der Waals surface area contributed by atoms with Crippen molar-refractivity contribution in [3.8, 4) is 11.5 Å². The van der Waals surface area contributed by atoms with Crippen LogP contribution in [0.2, 0.25) is 0 Å². The van der Waals surface area contributed by atoms with Crippen LogP contribution < -0.4 is 5.56 Å². The summed E-state index contributed by atoms with van der Waals surface area (Å²) in [6.07, 6.45) is 3.12. The van der Waals surface area contributed by atoms with Crippen LogP contribution in [0.15, 0.2) is 27.7 Å². The second-order valence-corrected chi connectivity index (χ2v) is 3.60. The minimum Gasteiger partial charge on any atom is -0.304 e. The topological polar surface area (TPSA) is 63.6 Å². The number of halogens is 1. The number of hydrogen-bond acceptors (Lipinski definition) is 3. The van der Waals surface area contributed by atoms with E-state index in [-0.39, 0.29) is 5.56 Å². The van der Waals surface area contributed by atoms with Gasteiger partial charge in [0.25, 0.3) is 5.56 Å². The second-order valence-electron chi connectivity index (χ2n) is 2.75. The van der Waals surface area contributed by atoms with Crippen LogP contribution in [-0.2, 0) is 7.05 Å². The third-order valence-electron chi connectivity index (χ3n) is 1.82. The number of aromatic amines is 1. The van der Waals surface area contributed by atoms with Crippen molar-refractivity contribution in [1.82, 2.24) is 19.7 Å². The fourth-order valence-electron chi connectivity index (χ4n) is 1.12. The Balaban J connectivity index is 2.59. The third kappa shape index (κ3) is 1.48. The molecule has 0 unspecified atom stereocenters. The Hall–Kier alpha value is -1.43. The molecule has 0 aliphatic carbocycles.